The van der Waals surface area contributed by atoms with Crippen LogP contribution in [0.1, 0.15) is 17.7 Å². The second-order valence-corrected chi connectivity index (χ2v) is 4.35. The molecule has 0 spiro atoms. The molecule has 2 N–H and O–H groups in total. The number of hydrogen-bond acceptors (Lipinski definition) is 1. The van der Waals surface area contributed by atoms with Gasteiger partial charge in [0.15, 0.2) is 0 Å². The Morgan fingerprint density at radius 1 is 1.47 bits per heavy atom. The van der Waals surface area contributed by atoms with E-state index >= 15 is 0 Å². The number of hydrogen-bond donors (Lipinski definition) is 1. The van der Waals surface area contributed by atoms with Crippen LogP contribution in [0.5, 0.6) is 0 Å². The minimum atomic E-state index is 0.658. The van der Waals surface area contributed by atoms with Crippen molar-refractivity contribution in [3.8, 4) is 0 Å². The van der Waals surface area contributed by atoms with Gasteiger partial charge in [0.05, 0.1) is 5.52 Å². The van der Waals surface area contributed by atoms with E-state index in [9.17, 15) is 0 Å². The standard InChI is InChI=1S/C13H15N2/c14-9-10-4-5-13-11(7-10)8-12-3-1-2-6-15(12)13/h1-3,6,10H,4-5,7,9,14H2. The summed E-state index contributed by atoms with van der Waals surface area (Å²) in [7, 11) is 0. The molecular formula is C13H15N2. The van der Waals surface area contributed by atoms with Crippen LogP contribution in [0.25, 0.3) is 5.52 Å². The minimum Gasteiger partial charge on any atom is -0.330 e. The van der Waals surface area contributed by atoms with Crippen molar-refractivity contribution in [3.63, 3.8) is 0 Å². The molecule has 0 bridgehead atoms. The zero-order chi connectivity index (χ0) is 10.3. The van der Waals surface area contributed by atoms with Gasteiger partial charge in [0.1, 0.15) is 0 Å². The monoisotopic (exact) mass is 199 g/mol. The third kappa shape index (κ3) is 1.37. The largest absolute Gasteiger partial charge is 0.330 e. The molecule has 2 aromatic heterocycles. The average Bonchev–Trinajstić information content (AvgIpc) is 2.66. The molecule has 0 aliphatic heterocycles. The zero-order valence-corrected chi connectivity index (χ0v) is 8.74. The number of pyridine rings is 1. The molecule has 0 aromatic carbocycles. The van der Waals surface area contributed by atoms with Crippen LogP contribution in [0, 0.1) is 12.0 Å². The zero-order valence-electron chi connectivity index (χ0n) is 8.74. The molecule has 1 aliphatic rings. The van der Waals surface area contributed by atoms with E-state index in [-0.39, 0.29) is 0 Å². The fraction of sp³-hybridized carbons (Fsp3) is 0.385. The Hall–Kier alpha value is -1.28. The van der Waals surface area contributed by atoms with Crippen LogP contribution in [0.2, 0.25) is 0 Å². The van der Waals surface area contributed by atoms with Crippen molar-refractivity contribution >= 4 is 5.52 Å². The first-order valence-corrected chi connectivity index (χ1v) is 5.58. The maximum Gasteiger partial charge on any atom is 0.0535 e. The summed E-state index contributed by atoms with van der Waals surface area (Å²) in [5, 5.41) is 0. The fourth-order valence-corrected chi connectivity index (χ4v) is 2.53. The van der Waals surface area contributed by atoms with Crippen LogP contribution < -0.4 is 5.73 Å². The first-order chi connectivity index (χ1) is 7.38. The first kappa shape index (κ1) is 8.98. The van der Waals surface area contributed by atoms with Gasteiger partial charge in [-0.25, -0.2) is 0 Å². The highest BCUT2D eigenvalue weighted by molar-refractivity contribution is 5.52. The van der Waals surface area contributed by atoms with Crippen molar-refractivity contribution in [1.82, 2.24) is 4.40 Å². The summed E-state index contributed by atoms with van der Waals surface area (Å²) in [6, 6.07) is 9.76. The normalized spacial score (nSPS) is 20.5. The quantitative estimate of drug-likeness (QED) is 0.746. The lowest BCUT2D eigenvalue weighted by Crippen LogP contribution is -2.22. The van der Waals surface area contributed by atoms with E-state index < -0.39 is 0 Å². The molecule has 0 saturated carbocycles. The van der Waals surface area contributed by atoms with Crippen molar-refractivity contribution < 1.29 is 0 Å². The Bertz CT molecular complexity index is 484. The molecule has 1 atom stereocenters. The van der Waals surface area contributed by atoms with Crippen LogP contribution in [0.3, 0.4) is 0 Å². The Morgan fingerprint density at radius 3 is 3.27 bits per heavy atom. The molecule has 1 radical (unpaired) electrons. The summed E-state index contributed by atoms with van der Waals surface area (Å²) < 4.78 is 2.27. The van der Waals surface area contributed by atoms with E-state index in [0.717, 1.165) is 19.4 Å². The third-order valence-corrected chi connectivity index (χ3v) is 3.39. The van der Waals surface area contributed by atoms with E-state index in [4.69, 9.17) is 5.73 Å². The van der Waals surface area contributed by atoms with Gasteiger partial charge in [-0.1, -0.05) is 6.07 Å². The molecule has 2 heteroatoms. The van der Waals surface area contributed by atoms with Crippen molar-refractivity contribution in [2.75, 3.05) is 6.54 Å². The molecule has 1 aliphatic carbocycles. The summed E-state index contributed by atoms with van der Waals surface area (Å²) in [5.41, 5.74) is 9.75. The van der Waals surface area contributed by atoms with Gasteiger partial charge < -0.3 is 10.1 Å². The maximum absolute atomic E-state index is 5.73. The number of rotatable bonds is 1. The number of nitrogens with two attached hydrogens (primary N) is 1. The summed E-state index contributed by atoms with van der Waals surface area (Å²) >= 11 is 0. The van der Waals surface area contributed by atoms with Crippen LogP contribution in [0.15, 0.2) is 24.4 Å². The highest BCUT2D eigenvalue weighted by atomic mass is 14.9. The lowest BCUT2D eigenvalue weighted by atomic mass is 9.88. The summed E-state index contributed by atoms with van der Waals surface area (Å²) in [6.45, 7) is 0.805. The molecule has 2 heterocycles. The van der Waals surface area contributed by atoms with Gasteiger partial charge in [-0.3, -0.25) is 0 Å². The number of nitrogens with zero attached hydrogens (tertiary/aromatic N) is 1. The Kier molecular flexibility index (Phi) is 2.03. The van der Waals surface area contributed by atoms with Crippen LogP contribution in [-0.2, 0) is 12.8 Å². The molecule has 2 nitrogen and oxygen atoms in total. The number of aromatic nitrogens is 1. The molecule has 0 fully saturated rings. The van der Waals surface area contributed by atoms with E-state index in [2.05, 4.69) is 34.9 Å². The van der Waals surface area contributed by atoms with Gasteiger partial charge in [-0.05, 0) is 49.4 Å². The maximum atomic E-state index is 5.73. The molecule has 0 saturated heterocycles. The predicted molar refractivity (Wildman–Crippen MR) is 60.8 cm³/mol. The molecule has 3 rings (SSSR count). The summed E-state index contributed by atoms with van der Waals surface area (Å²) in [6.07, 6.45) is 5.60. The van der Waals surface area contributed by atoms with E-state index in [1.54, 1.807) is 0 Å². The van der Waals surface area contributed by atoms with Crippen molar-refractivity contribution in [3.05, 3.63) is 41.7 Å². The lowest BCUT2D eigenvalue weighted by molar-refractivity contribution is 0.464. The van der Waals surface area contributed by atoms with Crippen molar-refractivity contribution in [1.29, 1.82) is 0 Å². The smallest absolute Gasteiger partial charge is 0.0535 e. The van der Waals surface area contributed by atoms with Gasteiger partial charge in [-0.2, -0.15) is 0 Å². The SMILES string of the molecule is NCC1CCc2c([c]c3ccccn23)C1. The summed E-state index contributed by atoms with van der Waals surface area (Å²) in [4.78, 5) is 0. The van der Waals surface area contributed by atoms with Gasteiger partial charge in [0.25, 0.3) is 0 Å². The Morgan fingerprint density at radius 2 is 2.40 bits per heavy atom. The number of aryl methyl sites for hydroxylation is 1. The lowest BCUT2D eigenvalue weighted by Gasteiger charge is -2.20. The van der Waals surface area contributed by atoms with Gasteiger partial charge in [0, 0.05) is 18.0 Å². The highest BCUT2D eigenvalue weighted by Gasteiger charge is 2.20. The highest BCUT2D eigenvalue weighted by Crippen LogP contribution is 2.27. The first-order valence-electron chi connectivity index (χ1n) is 5.58. The second kappa shape index (κ2) is 3.38. The molecule has 1 unspecified atom stereocenters. The van der Waals surface area contributed by atoms with E-state index in [0.29, 0.717) is 5.92 Å². The predicted octanol–water partition coefficient (Wildman–Crippen LogP) is 1.80. The van der Waals surface area contributed by atoms with Gasteiger partial charge in [-0.15, -0.1) is 0 Å². The van der Waals surface area contributed by atoms with Crippen molar-refractivity contribution in [2.45, 2.75) is 19.3 Å². The molecule has 0 amide bonds. The molecule has 2 aromatic rings. The van der Waals surface area contributed by atoms with Crippen molar-refractivity contribution in [2.24, 2.45) is 11.7 Å². The molecule has 15 heavy (non-hydrogen) atoms. The van der Waals surface area contributed by atoms with Gasteiger partial charge in [0.2, 0.25) is 0 Å². The van der Waals surface area contributed by atoms with E-state index in [1.165, 1.54) is 23.2 Å². The number of fused-ring (bicyclic) bond motifs is 3. The van der Waals surface area contributed by atoms with Gasteiger partial charge >= 0.3 is 0 Å². The minimum absolute atomic E-state index is 0.658. The average molecular weight is 199 g/mol. The summed E-state index contributed by atoms with van der Waals surface area (Å²) in [5.74, 6) is 0.658. The Balaban J connectivity index is 2.12. The Labute approximate surface area is 89.7 Å². The fourth-order valence-electron chi connectivity index (χ4n) is 2.53. The second-order valence-electron chi connectivity index (χ2n) is 4.35. The topological polar surface area (TPSA) is 30.4 Å². The van der Waals surface area contributed by atoms with Crippen LogP contribution in [0.4, 0.5) is 0 Å². The van der Waals surface area contributed by atoms with Crippen LogP contribution >= 0.6 is 0 Å². The van der Waals surface area contributed by atoms with Crippen LogP contribution in [-0.4, -0.2) is 10.9 Å². The molecular weight excluding hydrogens is 184 g/mol. The molecule has 77 valence electrons. The van der Waals surface area contributed by atoms with E-state index in [1.807, 2.05) is 0 Å². The third-order valence-electron chi connectivity index (χ3n) is 3.39.